The Balaban J connectivity index is 1.97. The minimum atomic E-state index is -1.00. The van der Waals surface area contributed by atoms with Crippen molar-refractivity contribution in [3.8, 4) is 0 Å². The van der Waals surface area contributed by atoms with Gasteiger partial charge in [-0.2, -0.15) is 11.8 Å². The molecule has 8 heteroatoms. The number of hydrogen-bond acceptors (Lipinski definition) is 7. The summed E-state index contributed by atoms with van der Waals surface area (Å²) in [5.74, 6) is 0.620. The van der Waals surface area contributed by atoms with E-state index in [9.17, 15) is 10.2 Å². The number of imidazole rings is 1. The van der Waals surface area contributed by atoms with Crippen molar-refractivity contribution in [2.75, 3.05) is 12.0 Å². The summed E-state index contributed by atoms with van der Waals surface area (Å²) >= 11 is 1.56. The summed E-state index contributed by atoms with van der Waals surface area (Å²) in [5, 5.41) is 20.2. The summed E-state index contributed by atoms with van der Waals surface area (Å²) in [6.07, 6.45) is 1.96. The van der Waals surface area contributed by atoms with Crippen LogP contribution in [0.3, 0.4) is 0 Å². The number of nitrogens with zero attached hydrogens (tertiary/aromatic N) is 4. The summed E-state index contributed by atoms with van der Waals surface area (Å²) in [6, 6.07) is 0. The molecule has 0 aliphatic carbocycles. The third kappa shape index (κ3) is 2.08. The number of aliphatic hydroxyl groups is 2. The maximum atomic E-state index is 10.2. The van der Waals surface area contributed by atoms with Gasteiger partial charge in [0.05, 0.1) is 18.1 Å². The highest BCUT2D eigenvalue weighted by atomic mass is 32.2. The van der Waals surface area contributed by atoms with Crippen LogP contribution < -0.4 is 0 Å². The van der Waals surface area contributed by atoms with Crippen LogP contribution in [0.4, 0.5) is 0 Å². The van der Waals surface area contributed by atoms with Crippen molar-refractivity contribution in [3.05, 3.63) is 18.3 Å². The van der Waals surface area contributed by atoms with E-state index in [1.807, 2.05) is 13.2 Å². The maximum Gasteiger partial charge on any atom is 0.165 e. The molecule has 3 heterocycles. The molecule has 2 aromatic heterocycles. The minimum absolute atomic E-state index is 0.398. The van der Waals surface area contributed by atoms with Gasteiger partial charge in [0.25, 0.3) is 0 Å². The van der Waals surface area contributed by atoms with Crippen molar-refractivity contribution in [2.45, 2.75) is 31.5 Å². The lowest BCUT2D eigenvalue weighted by molar-refractivity contribution is -0.0288. The average Bonchev–Trinajstić information content (AvgIpc) is 2.97. The Labute approximate surface area is 120 Å². The number of aromatic nitrogens is 4. The molecule has 1 aliphatic heterocycles. The topological polar surface area (TPSA) is 93.3 Å². The molecule has 0 amide bonds. The highest BCUT2D eigenvalue weighted by Crippen LogP contribution is 2.32. The van der Waals surface area contributed by atoms with Crippen LogP contribution in [0.2, 0.25) is 0 Å². The van der Waals surface area contributed by atoms with E-state index in [1.165, 1.54) is 6.33 Å². The molecule has 1 fully saturated rings. The van der Waals surface area contributed by atoms with E-state index in [4.69, 9.17) is 4.74 Å². The van der Waals surface area contributed by atoms with Crippen LogP contribution in [0.15, 0.2) is 12.7 Å². The van der Waals surface area contributed by atoms with E-state index >= 15 is 0 Å². The van der Waals surface area contributed by atoms with Gasteiger partial charge < -0.3 is 14.9 Å². The van der Waals surface area contributed by atoms with Gasteiger partial charge in [0.1, 0.15) is 24.1 Å². The number of thioether (sulfide) groups is 1. The quantitative estimate of drug-likeness (QED) is 0.830. The van der Waals surface area contributed by atoms with E-state index < -0.39 is 24.5 Å². The zero-order valence-corrected chi connectivity index (χ0v) is 12.0. The molecule has 0 radical (unpaired) electrons. The summed E-state index contributed by atoms with van der Waals surface area (Å²) in [6.45, 7) is 1.85. The smallest absolute Gasteiger partial charge is 0.165 e. The number of hydrogen-bond donors (Lipinski definition) is 2. The van der Waals surface area contributed by atoms with Gasteiger partial charge in [-0.15, -0.1) is 0 Å². The van der Waals surface area contributed by atoms with Gasteiger partial charge in [0.2, 0.25) is 0 Å². The molecule has 1 aliphatic rings. The highest BCUT2D eigenvalue weighted by molar-refractivity contribution is 7.98. The van der Waals surface area contributed by atoms with Crippen LogP contribution in [-0.4, -0.2) is 60.1 Å². The van der Waals surface area contributed by atoms with E-state index in [1.54, 1.807) is 22.7 Å². The Morgan fingerprint density at radius 3 is 2.85 bits per heavy atom. The van der Waals surface area contributed by atoms with Gasteiger partial charge >= 0.3 is 0 Å². The summed E-state index contributed by atoms with van der Waals surface area (Å²) in [4.78, 5) is 12.5. The zero-order valence-electron chi connectivity index (χ0n) is 11.2. The Kier molecular flexibility index (Phi) is 3.63. The number of ether oxygens (including phenoxy) is 1. The molecule has 108 valence electrons. The SMILES string of the molecule is CSC[C@H]1O[C@@H](n2cnc3c(C)ncnc32)[C@H](O)[C@@H]1O. The van der Waals surface area contributed by atoms with Crippen LogP contribution in [-0.2, 0) is 4.74 Å². The summed E-state index contributed by atoms with van der Waals surface area (Å²) < 4.78 is 7.41. The number of fused-ring (bicyclic) bond motifs is 1. The summed E-state index contributed by atoms with van der Waals surface area (Å²) in [7, 11) is 0. The fraction of sp³-hybridized carbons (Fsp3) is 0.583. The molecule has 3 rings (SSSR count). The zero-order chi connectivity index (χ0) is 14.3. The van der Waals surface area contributed by atoms with E-state index in [2.05, 4.69) is 15.0 Å². The predicted molar refractivity (Wildman–Crippen MR) is 74.4 cm³/mol. The Morgan fingerprint density at radius 2 is 2.10 bits per heavy atom. The lowest BCUT2D eigenvalue weighted by Gasteiger charge is -2.16. The first kappa shape index (κ1) is 13.7. The van der Waals surface area contributed by atoms with Crippen LogP contribution in [0, 0.1) is 6.92 Å². The highest BCUT2D eigenvalue weighted by Gasteiger charge is 2.43. The molecular weight excluding hydrogens is 280 g/mol. The van der Waals surface area contributed by atoms with Crippen molar-refractivity contribution in [3.63, 3.8) is 0 Å². The lowest BCUT2D eigenvalue weighted by Crippen LogP contribution is -2.32. The van der Waals surface area contributed by atoms with Gasteiger partial charge in [-0.1, -0.05) is 0 Å². The Morgan fingerprint density at radius 1 is 1.30 bits per heavy atom. The van der Waals surface area contributed by atoms with Crippen LogP contribution in [0.1, 0.15) is 11.9 Å². The molecule has 0 bridgehead atoms. The second-order valence-corrected chi connectivity index (χ2v) is 5.70. The van der Waals surface area contributed by atoms with Crippen LogP contribution in [0.25, 0.3) is 11.2 Å². The van der Waals surface area contributed by atoms with Crippen molar-refractivity contribution in [1.29, 1.82) is 0 Å². The largest absolute Gasteiger partial charge is 0.387 e. The first-order valence-corrected chi connectivity index (χ1v) is 7.67. The molecule has 2 N–H and O–H groups in total. The molecule has 0 saturated carbocycles. The van der Waals surface area contributed by atoms with Crippen molar-refractivity contribution in [1.82, 2.24) is 19.5 Å². The fourth-order valence-corrected chi connectivity index (χ4v) is 3.02. The van der Waals surface area contributed by atoms with Gasteiger partial charge in [-0.05, 0) is 13.2 Å². The number of aliphatic hydroxyl groups excluding tert-OH is 2. The van der Waals surface area contributed by atoms with Crippen LogP contribution in [0.5, 0.6) is 0 Å². The average molecular weight is 296 g/mol. The molecular formula is C12H16N4O3S. The van der Waals surface area contributed by atoms with E-state index in [0.29, 0.717) is 16.9 Å². The number of aryl methyl sites for hydroxylation is 1. The van der Waals surface area contributed by atoms with Crippen molar-refractivity contribution >= 4 is 22.9 Å². The standard InChI is InChI=1S/C12H16N4O3S/c1-6-8-11(14-4-13-6)16(5-15-8)12-10(18)9(17)7(19-12)3-20-2/h4-5,7,9-10,12,17-18H,3H2,1-2H3/t7-,9-,10-,12-/m1/s1. The molecule has 4 atom stereocenters. The molecule has 0 aromatic carbocycles. The Bertz CT molecular complexity index is 620. The van der Waals surface area contributed by atoms with Crippen molar-refractivity contribution in [2.24, 2.45) is 0 Å². The molecule has 0 spiro atoms. The monoisotopic (exact) mass is 296 g/mol. The van der Waals surface area contributed by atoms with E-state index in [0.717, 1.165) is 5.69 Å². The fourth-order valence-electron chi connectivity index (χ4n) is 2.42. The Hall–Kier alpha value is -1.22. The second-order valence-electron chi connectivity index (χ2n) is 4.78. The molecule has 7 nitrogen and oxygen atoms in total. The predicted octanol–water partition coefficient (Wildman–Crippen LogP) is 0.117. The van der Waals surface area contributed by atoms with Gasteiger partial charge in [-0.3, -0.25) is 4.57 Å². The molecule has 2 aromatic rings. The van der Waals surface area contributed by atoms with Crippen molar-refractivity contribution < 1.29 is 14.9 Å². The minimum Gasteiger partial charge on any atom is -0.387 e. The number of rotatable bonds is 3. The molecule has 1 saturated heterocycles. The van der Waals surface area contributed by atoms with E-state index in [-0.39, 0.29) is 0 Å². The lowest BCUT2D eigenvalue weighted by atomic mass is 10.1. The second kappa shape index (κ2) is 5.28. The van der Waals surface area contributed by atoms with Crippen LogP contribution >= 0.6 is 11.8 Å². The third-order valence-corrected chi connectivity index (χ3v) is 4.15. The van der Waals surface area contributed by atoms with Gasteiger partial charge in [-0.25, -0.2) is 15.0 Å². The third-order valence-electron chi connectivity index (χ3n) is 3.48. The first-order valence-electron chi connectivity index (χ1n) is 6.28. The maximum absolute atomic E-state index is 10.2. The normalized spacial score (nSPS) is 30.2. The molecule has 0 unspecified atom stereocenters. The molecule has 20 heavy (non-hydrogen) atoms. The van der Waals surface area contributed by atoms with Gasteiger partial charge in [0.15, 0.2) is 11.9 Å². The summed E-state index contributed by atoms with van der Waals surface area (Å²) in [5.41, 5.74) is 2.03. The van der Waals surface area contributed by atoms with Gasteiger partial charge in [0, 0.05) is 5.75 Å². The first-order chi connectivity index (χ1) is 9.63.